The number of aliphatic carboxylic acids is 1. The van der Waals surface area contributed by atoms with Gasteiger partial charge in [0.05, 0.1) is 0 Å². The quantitative estimate of drug-likeness (QED) is 0.684. The highest BCUT2D eigenvalue weighted by Crippen LogP contribution is 2.45. The number of rotatable bonds is 6. The second-order valence-corrected chi connectivity index (χ2v) is 4.47. The zero-order chi connectivity index (χ0) is 12.3. The lowest BCUT2D eigenvalue weighted by Gasteiger charge is -2.31. The molecule has 1 unspecified atom stereocenters. The Labute approximate surface area is 101 Å². The number of carbonyl (C=O) groups is 1. The van der Waals surface area contributed by atoms with E-state index in [1.54, 1.807) is 0 Å². The van der Waals surface area contributed by atoms with E-state index >= 15 is 0 Å². The zero-order valence-electron chi connectivity index (χ0n) is 9.73. The zero-order valence-corrected chi connectivity index (χ0v) is 9.73. The molecule has 1 aromatic rings. The molecule has 0 aliphatic heterocycles. The van der Waals surface area contributed by atoms with Crippen molar-refractivity contribution in [2.24, 2.45) is 11.7 Å². The maximum Gasteiger partial charge on any atom is 0.328 e. The first-order valence-electron chi connectivity index (χ1n) is 5.96. The van der Waals surface area contributed by atoms with Crippen LogP contribution in [0.3, 0.4) is 0 Å². The summed E-state index contributed by atoms with van der Waals surface area (Å²) in [6, 6.07) is 9.39. The summed E-state index contributed by atoms with van der Waals surface area (Å²) in [6.07, 6.45) is 1.91. The van der Waals surface area contributed by atoms with Crippen LogP contribution in [0.2, 0.25) is 0 Å². The van der Waals surface area contributed by atoms with Gasteiger partial charge in [-0.1, -0.05) is 30.3 Å². The van der Waals surface area contributed by atoms with Crippen molar-refractivity contribution in [2.75, 3.05) is 13.1 Å². The Kier molecular flexibility index (Phi) is 3.45. The first-order valence-corrected chi connectivity index (χ1v) is 5.96. The summed E-state index contributed by atoms with van der Waals surface area (Å²) in [5, 5.41) is 12.7. The molecule has 1 aliphatic carbocycles. The number of hydrogen-bond acceptors (Lipinski definition) is 3. The van der Waals surface area contributed by atoms with Crippen LogP contribution in [0, 0.1) is 5.92 Å². The molecule has 17 heavy (non-hydrogen) atoms. The normalized spacial score (nSPS) is 18.6. The smallest absolute Gasteiger partial charge is 0.328 e. The fourth-order valence-electron chi connectivity index (χ4n) is 2.34. The number of carboxylic acid groups (broad SMARTS) is 1. The molecular formula is C13H18N2O2. The molecule has 0 bridgehead atoms. The summed E-state index contributed by atoms with van der Waals surface area (Å²) in [6.45, 7) is 0.951. The van der Waals surface area contributed by atoms with Gasteiger partial charge in [-0.25, -0.2) is 4.79 Å². The van der Waals surface area contributed by atoms with Gasteiger partial charge in [0.25, 0.3) is 0 Å². The van der Waals surface area contributed by atoms with Crippen molar-refractivity contribution in [3.05, 3.63) is 35.9 Å². The highest BCUT2D eigenvalue weighted by molar-refractivity contribution is 5.81. The maximum absolute atomic E-state index is 11.7. The summed E-state index contributed by atoms with van der Waals surface area (Å²) >= 11 is 0. The third-order valence-corrected chi connectivity index (χ3v) is 3.30. The van der Waals surface area contributed by atoms with Crippen molar-refractivity contribution in [1.29, 1.82) is 0 Å². The fourth-order valence-corrected chi connectivity index (χ4v) is 2.34. The molecule has 4 N–H and O–H groups in total. The van der Waals surface area contributed by atoms with Gasteiger partial charge >= 0.3 is 5.97 Å². The minimum Gasteiger partial charge on any atom is -0.480 e. The number of carboxylic acids is 1. The molecule has 0 spiro atoms. The molecule has 0 radical (unpaired) electrons. The van der Waals surface area contributed by atoms with Gasteiger partial charge < -0.3 is 10.8 Å². The first-order chi connectivity index (χ1) is 8.21. The van der Waals surface area contributed by atoms with E-state index in [0.717, 1.165) is 18.4 Å². The Bertz CT molecular complexity index is 390. The molecule has 1 atom stereocenters. The monoisotopic (exact) mass is 234 g/mol. The molecule has 1 fully saturated rings. The van der Waals surface area contributed by atoms with Crippen LogP contribution in [0.25, 0.3) is 0 Å². The summed E-state index contributed by atoms with van der Waals surface area (Å²) in [4.78, 5) is 11.7. The van der Waals surface area contributed by atoms with E-state index < -0.39 is 11.5 Å². The molecular weight excluding hydrogens is 216 g/mol. The molecule has 2 rings (SSSR count). The van der Waals surface area contributed by atoms with E-state index in [4.69, 9.17) is 5.73 Å². The third kappa shape index (κ3) is 2.18. The Balaban J connectivity index is 2.37. The Morgan fingerprint density at radius 3 is 2.53 bits per heavy atom. The van der Waals surface area contributed by atoms with E-state index in [-0.39, 0.29) is 5.92 Å². The average Bonchev–Trinajstić information content (AvgIpc) is 3.16. The maximum atomic E-state index is 11.7. The topological polar surface area (TPSA) is 75.3 Å². The lowest BCUT2D eigenvalue weighted by molar-refractivity contribution is -0.146. The SMILES string of the molecule is NCCNC(C(=O)O)(c1ccccc1)C1CC1. The molecule has 1 saturated carbocycles. The van der Waals surface area contributed by atoms with Gasteiger partial charge in [0.2, 0.25) is 0 Å². The Hall–Kier alpha value is -1.39. The number of nitrogens with one attached hydrogen (secondary N) is 1. The van der Waals surface area contributed by atoms with E-state index in [1.807, 2.05) is 30.3 Å². The largest absolute Gasteiger partial charge is 0.480 e. The molecule has 4 heteroatoms. The highest BCUT2D eigenvalue weighted by Gasteiger charge is 2.52. The van der Waals surface area contributed by atoms with E-state index in [0.29, 0.717) is 13.1 Å². The number of benzene rings is 1. The van der Waals surface area contributed by atoms with Gasteiger partial charge in [-0.15, -0.1) is 0 Å². The van der Waals surface area contributed by atoms with E-state index in [9.17, 15) is 9.90 Å². The minimum absolute atomic E-state index is 0.175. The van der Waals surface area contributed by atoms with E-state index in [2.05, 4.69) is 5.32 Å². The summed E-state index contributed by atoms with van der Waals surface area (Å²) in [7, 11) is 0. The van der Waals surface area contributed by atoms with Crippen LogP contribution in [0.15, 0.2) is 30.3 Å². The second kappa shape index (κ2) is 4.85. The van der Waals surface area contributed by atoms with Crippen LogP contribution in [0.1, 0.15) is 18.4 Å². The lowest BCUT2D eigenvalue weighted by atomic mass is 9.85. The average molecular weight is 234 g/mol. The minimum atomic E-state index is -0.958. The van der Waals surface area contributed by atoms with Gasteiger partial charge in [-0.2, -0.15) is 0 Å². The van der Waals surface area contributed by atoms with Crippen LogP contribution < -0.4 is 11.1 Å². The summed E-state index contributed by atoms with van der Waals surface area (Å²) in [5.41, 5.74) is 5.34. The van der Waals surface area contributed by atoms with Gasteiger partial charge in [-0.3, -0.25) is 5.32 Å². The molecule has 4 nitrogen and oxygen atoms in total. The van der Waals surface area contributed by atoms with Crippen LogP contribution in [0.5, 0.6) is 0 Å². The van der Waals surface area contributed by atoms with Crippen LogP contribution in [0.4, 0.5) is 0 Å². The van der Waals surface area contributed by atoms with Crippen molar-refractivity contribution >= 4 is 5.97 Å². The van der Waals surface area contributed by atoms with Crippen LogP contribution >= 0.6 is 0 Å². The van der Waals surface area contributed by atoms with Crippen LogP contribution in [-0.4, -0.2) is 24.2 Å². The second-order valence-electron chi connectivity index (χ2n) is 4.47. The highest BCUT2D eigenvalue weighted by atomic mass is 16.4. The third-order valence-electron chi connectivity index (χ3n) is 3.30. The molecule has 1 aliphatic rings. The molecule has 1 aromatic carbocycles. The van der Waals surface area contributed by atoms with Crippen molar-refractivity contribution in [1.82, 2.24) is 5.32 Å². The van der Waals surface area contributed by atoms with E-state index in [1.165, 1.54) is 0 Å². The van der Waals surface area contributed by atoms with Crippen molar-refractivity contribution in [2.45, 2.75) is 18.4 Å². The van der Waals surface area contributed by atoms with Gasteiger partial charge in [0.15, 0.2) is 0 Å². The molecule has 0 amide bonds. The lowest BCUT2D eigenvalue weighted by Crippen LogP contribution is -2.52. The number of nitrogens with two attached hydrogens (primary N) is 1. The van der Waals surface area contributed by atoms with Crippen LogP contribution in [-0.2, 0) is 10.3 Å². The first kappa shape index (κ1) is 12.1. The van der Waals surface area contributed by atoms with Crippen molar-refractivity contribution < 1.29 is 9.90 Å². The van der Waals surface area contributed by atoms with Gasteiger partial charge in [0.1, 0.15) is 5.54 Å². The van der Waals surface area contributed by atoms with Crippen molar-refractivity contribution in [3.8, 4) is 0 Å². The predicted molar refractivity (Wildman–Crippen MR) is 65.5 cm³/mol. The number of hydrogen-bond donors (Lipinski definition) is 3. The van der Waals surface area contributed by atoms with Crippen molar-refractivity contribution in [3.63, 3.8) is 0 Å². The van der Waals surface area contributed by atoms with Gasteiger partial charge in [-0.05, 0) is 24.3 Å². The van der Waals surface area contributed by atoms with Gasteiger partial charge in [0, 0.05) is 13.1 Å². The Morgan fingerprint density at radius 2 is 2.06 bits per heavy atom. The predicted octanol–water partition coefficient (Wildman–Crippen LogP) is 0.925. The fraction of sp³-hybridized carbons (Fsp3) is 0.462. The molecule has 92 valence electrons. The molecule has 0 heterocycles. The Morgan fingerprint density at radius 1 is 1.41 bits per heavy atom. The molecule has 0 saturated heterocycles. The summed E-state index contributed by atoms with van der Waals surface area (Å²) in [5.74, 6) is -0.631. The summed E-state index contributed by atoms with van der Waals surface area (Å²) < 4.78 is 0. The molecule has 0 aromatic heterocycles. The standard InChI is InChI=1S/C13H18N2O2/c14-8-9-15-13(12(16)17,11-6-7-11)10-4-2-1-3-5-10/h1-5,11,15H,6-9,14H2,(H,16,17).